The molecule has 0 spiro atoms. The van der Waals surface area contributed by atoms with Gasteiger partial charge in [-0.05, 0) is 56.7 Å². The lowest BCUT2D eigenvalue weighted by molar-refractivity contribution is -0.137. The highest BCUT2D eigenvalue weighted by molar-refractivity contribution is 5.78. The lowest BCUT2D eigenvalue weighted by atomic mass is 9.84. The normalized spacial score (nSPS) is 22.1. The molecule has 6 nitrogen and oxygen atoms in total. The van der Waals surface area contributed by atoms with E-state index < -0.39 is 11.7 Å². The van der Waals surface area contributed by atoms with Crippen LogP contribution in [-0.4, -0.2) is 49.6 Å². The summed E-state index contributed by atoms with van der Waals surface area (Å²) in [6, 6.07) is 7.70. The number of carbonyl (C=O) groups excluding carboxylic acids is 1. The van der Waals surface area contributed by atoms with Gasteiger partial charge in [-0.15, -0.1) is 0 Å². The third-order valence-corrected chi connectivity index (χ3v) is 6.48. The lowest BCUT2D eigenvalue weighted by Gasteiger charge is -2.37. The zero-order valence-electron chi connectivity index (χ0n) is 18.0. The molecule has 1 saturated heterocycles. The molecule has 1 aromatic rings. The first kappa shape index (κ1) is 23.9. The van der Waals surface area contributed by atoms with E-state index in [0.717, 1.165) is 57.8 Å². The number of rotatable bonds is 6. The Bertz CT molecular complexity index is 873. The summed E-state index contributed by atoms with van der Waals surface area (Å²) >= 11 is 0. The van der Waals surface area contributed by atoms with E-state index >= 15 is 0 Å². The summed E-state index contributed by atoms with van der Waals surface area (Å²) in [5.74, 6) is 0.403. The Hall–Kier alpha value is -2.78. The summed E-state index contributed by atoms with van der Waals surface area (Å²) in [5.41, 5.74) is -0.815. The fraction of sp³-hybridized carbons (Fsp3) is 0.609. The van der Waals surface area contributed by atoms with Crippen molar-refractivity contribution in [2.24, 2.45) is 5.92 Å². The number of piperazine rings is 1. The molecule has 0 radical (unpaired) electrons. The van der Waals surface area contributed by atoms with Crippen LogP contribution in [0.1, 0.15) is 49.7 Å². The van der Waals surface area contributed by atoms with Gasteiger partial charge in [-0.3, -0.25) is 9.69 Å². The van der Waals surface area contributed by atoms with Crippen LogP contribution >= 0.6 is 0 Å². The van der Waals surface area contributed by atoms with E-state index in [4.69, 9.17) is 5.26 Å². The van der Waals surface area contributed by atoms with Crippen LogP contribution in [0.4, 0.5) is 18.9 Å². The SMILES string of the molecule is N#CCC(=O)N[C@H]1CC[C@H](CCN2CCN(c3cccc(C(F)(F)F)c3C#N)CC2)CC1. The number of carbonyl (C=O) groups is 1. The number of nitrogens with one attached hydrogen (secondary N) is 1. The molecule has 172 valence electrons. The smallest absolute Gasteiger partial charge is 0.368 e. The number of hydrogen-bond donors (Lipinski definition) is 1. The predicted molar refractivity (Wildman–Crippen MR) is 114 cm³/mol. The van der Waals surface area contributed by atoms with Gasteiger partial charge in [-0.25, -0.2) is 0 Å². The molecule has 9 heteroatoms. The van der Waals surface area contributed by atoms with E-state index in [1.54, 1.807) is 12.1 Å². The molecule has 32 heavy (non-hydrogen) atoms. The van der Waals surface area contributed by atoms with Crippen molar-refractivity contribution in [2.75, 3.05) is 37.6 Å². The van der Waals surface area contributed by atoms with Crippen molar-refractivity contribution in [1.29, 1.82) is 10.5 Å². The maximum absolute atomic E-state index is 13.2. The van der Waals surface area contributed by atoms with Crippen LogP contribution < -0.4 is 10.2 Å². The van der Waals surface area contributed by atoms with Gasteiger partial charge in [-0.1, -0.05) is 6.07 Å². The highest BCUT2D eigenvalue weighted by Crippen LogP contribution is 2.36. The molecule has 0 bridgehead atoms. The van der Waals surface area contributed by atoms with Crippen LogP contribution in [0.25, 0.3) is 0 Å². The van der Waals surface area contributed by atoms with Gasteiger partial charge in [0.15, 0.2) is 0 Å². The molecule has 1 aromatic carbocycles. The minimum atomic E-state index is -4.54. The Morgan fingerprint density at radius 1 is 1.09 bits per heavy atom. The number of nitrogens with zero attached hydrogens (tertiary/aromatic N) is 4. The number of anilines is 1. The largest absolute Gasteiger partial charge is 0.417 e. The second-order valence-corrected chi connectivity index (χ2v) is 8.55. The average Bonchev–Trinajstić information content (AvgIpc) is 2.78. The van der Waals surface area contributed by atoms with Crippen LogP contribution in [0.3, 0.4) is 0 Å². The lowest BCUT2D eigenvalue weighted by Crippen LogP contribution is -2.47. The second-order valence-electron chi connectivity index (χ2n) is 8.55. The number of hydrogen-bond acceptors (Lipinski definition) is 5. The van der Waals surface area contributed by atoms with Gasteiger partial charge in [0.2, 0.25) is 5.91 Å². The molecule has 2 aliphatic rings. The van der Waals surface area contributed by atoms with E-state index in [0.29, 0.717) is 24.7 Å². The van der Waals surface area contributed by atoms with E-state index in [2.05, 4.69) is 10.2 Å². The molecule has 1 aliphatic heterocycles. The zero-order chi connectivity index (χ0) is 23.1. The standard InChI is InChI=1S/C23H28F3N5O/c24-23(25,26)20-2-1-3-21(19(20)16-28)31-14-12-30(13-15-31)11-9-17-4-6-18(7-5-17)29-22(32)8-10-27/h1-3,17-18H,4-9,11-15H2,(H,29,32)/t17-,18-. The Morgan fingerprint density at radius 3 is 2.38 bits per heavy atom. The van der Waals surface area contributed by atoms with E-state index in [1.807, 2.05) is 11.0 Å². The van der Waals surface area contributed by atoms with Crippen LogP contribution in [0.5, 0.6) is 0 Å². The average molecular weight is 448 g/mol. The van der Waals surface area contributed by atoms with Gasteiger partial charge in [0.1, 0.15) is 12.5 Å². The molecule has 1 aliphatic carbocycles. The Balaban J connectivity index is 1.44. The molecule has 0 unspecified atom stereocenters. The number of amides is 1. The minimum absolute atomic E-state index is 0.0950. The molecule has 1 heterocycles. The summed E-state index contributed by atoms with van der Waals surface area (Å²) in [6.07, 6.45) is 0.388. The van der Waals surface area contributed by atoms with Crippen molar-refractivity contribution in [2.45, 2.75) is 50.7 Å². The van der Waals surface area contributed by atoms with Gasteiger partial charge in [0, 0.05) is 32.2 Å². The molecular formula is C23H28F3N5O. The monoisotopic (exact) mass is 447 g/mol. The van der Waals surface area contributed by atoms with Crippen molar-refractivity contribution in [3.05, 3.63) is 29.3 Å². The molecule has 1 N–H and O–H groups in total. The number of alkyl halides is 3. The Morgan fingerprint density at radius 2 is 1.78 bits per heavy atom. The van der Waals surface area contributed by atoms with Gasteiger partial charge >= 0.3 is 6.18 Å². The van der Waals surface area contributed by atoms with Gasteiger partial charge in [-0.2, -0.15) is 23.7 Å². The number of benzene rings is 1. The van der Waals surface area contributed by atoms with Crippen LogP contribution in [0.15, 0.2) is 18.2 Å². The first-order valence-electron chi connectivity index (χ1n) is 11.1. The van der Waals surface area contributed by atoms with Crippen LogP contribution in [-0.2, 0) is 11.0 Å². The fourth-order valence-corrected chi connectivity index (χ4v) is 4.68. The number of nitriles is 2. The van der Waals surface area contributed by atoms with Gasteiger partial charge in [0.25, 0.3) is 0 Å². The summed E-state index contributed by atoms with van der Waals surface area (Å²) in [5, 5.41) is 20.8. The topological polar surface area (TPSA) is 83.2 Å². The number of halogens is 3. The third kappa shape index (κ3) is 6.14. The van der Waals surface area contributed by atoms with Crippen molar-refractivity contribution >= 4 is 11.6 Å². The maximum atomic E-state index is 13.2. The van der Waals surface area contributed by atoms with Crippen LogP contribution in [0, 0.1) is 28.6 Å². The van der Waals surface area contributed by atoms with Crippen molar-refractivity contribution in [1.82, 2.24) is 10.2 Å². The third-order valence-electron chi connectivity index (χ3n) is 6.48. The summed E-state index contributed by atoms with van der Waals surface area (Å²) in [4.78, 5) is 15.7. The molecule has 1 saturated carbocycles. The highest BCUT2D eigenvalue weighted by Gasteiger charge is 2.35. The summed E-state index contributed by atoms with van der Waals surface area (Å²) in [6.45, 7) is 3.63. The Labute approximate surface area is 186 Å². The molecule has 0 aromatic heterocycles. The maximum Gasteiger partial charge on any atom is 0.417 e. The van der Waals surface area contributed by atoms with Crippen molar-refractivity contribution in [3.63, 3.8) is 0 Å². The first-order valence-corrected chi connectivity index (χ1v) is 11.1. The summed E-state index contributed by atoms with van der Waals surface area (Å²) in [7, 11) is 0. The van der Waals surface area contributed by atoms with E-state index in [9.17, 15) is 23.2 Å². The van der Waals surface area contributed by atoms with Crippen molar-refractivity contribution < 1.29 is 18.0 Å². The summed E-state index contributed by atoms with van der Waals surface area (Å²) < 4.78 is 39.7. The zero-order valence-corrected chi connectivity index (χ0v) is 18.0. The highest BCUT2D eigenvalue weighted by atomic mass is 19.4. The fourth-order valence-electron chi connectivity index (χ4n) is 4.68. The second kappa shape index (κ2) is 10.7. The quantitative estimate of drug-likeness (QED) is 0.719. The molecule has 2 fully saturated rings. The molecular weight excluding hydrogens is 419 g/mol. The molecule has 0 atom stereocenters. The van der Waals surface area contributed by atoms with E-state index in [-0.39, 0.29) is 23.9 Å². The predicted octanol–water partition coefficient (Wildman–Crippen LogP) is 3.68. The van der Waals surface area contributed by atoms with Gasteiger partial charge < -0.3 is 10.2 Å². The minimum Gasteiger partial charge on any atom is -0.368 e. The van der Waals surface area contributed by atoms with Crippen LogP contribution in [0.2, 0.25) is 0 Å². The van der Waals surface area contributed by atoms with E-state index in [1.165, 1.54) is 6.07 Å². The molecule has 1 amide bonds. The molecule has 3 rings (SSSR count). The van der Waals surface area contributed by atoms with Gasteiger partial charge in [0.05, 0.1) is 22.9 Å². The first-order chi connectivity index (χ1) is 15.3. The van der Waals surface area contributed by atoms with Crippen molar-refractivity contribution in [3.8, 4) is 12.1 Å². The Kier molecular flexibility index (Phi) is 7.98.